The summed E-state index contributed by atoms with van der Waals surface area (Å²) < 4.78 is 19.4. The average molecular weight is 320 g/mol. The monoisotopic (exact) mass is 320 g/mol. The third-order valence-electron chi connectivity index (χ3n) is 3.24. The number of rotatable bonds is 6. The van der Waals surface area contributed by atoms with Crippen LogP contribution in [0.3, 0.4) is 0 Å². The van der Waals surface area contributed by atoms with E-state index in [0.29, 0.717) is 0 Å². The lowest BCUT2D eigenvalue weighted by Crippen LogP contribution is -2.39. The van der Waals surface area contributed by atoms with Crippen molar-refractivity contribution in [2.24, 2.45) is 0 Å². The van der Waals surface area contributed by atoms with Crippen LogP contribution in [0.15, 0.2) is 59.1 Å². The predicted octanol–water partition coefficient (Wildman–Crippen LogP) is 4.40. The molecule has 0 heterocycles. The van der Waals surface area contributed by atoms with Gasteiger partial charge in [0.15, 0.2) is 0 Å². The van der Waals surface area contributed by atoms with Crippen molar-refractivity contribution in [1.82, 2.24) is 10.0 Å². The molecule has 2 unspecified atom stereocenters. The van der Waals surface area contributed by atoms with Crippen LogP contribution < -0.4 is 10.0 Å². The van der Waals surface area contributed by atoms with Gasteiger partial charge in [-0.25, -0.2) is 0 Å². The molecule has 0 fully saturated rings. The molecule has 120 valence electrons. The Bertz CT molecular complexity index is 671. The maximum absolute atomic E-state index is 10.9. The lowest BCUT2D eigenvalue weighted by atomic mass is 10.1. The van der Waals surface area contributed by atoms with Crippen molar-refractivity contribution >= 4 is 21.5 Å². The van der Waals surface area contributed by atoms with Gasteiger partial charge < -0.3 is 5.32 Å². The Morgan fingerprint density at radius 2 is 1.86 bits per heavy atom. The maximum Gasteiger partial charge on any atom is 0.0912 e. The predicted molar refractivity (Wildman–Crippen MR) is 94.6 cm³/mol. The zero-order valence-electron chi connectivity index (χ0n) is 13.5. The van der Waals surface area contributed by atoms with Crippen LogP contribution in [0.2, 0.25) is 0 Å². The maximum atomic E-state index is 10.9. The molecule has 0 aliphatic heterocycles. The largest absolute Gasteiger partial charge is 0.375 e. The van der Waals surface area contributed by atoms with Crippen molar-refractivity contribution < 1.29 is 8.74 Å². The summed E-state index contributed by atoms with van der Waals surface area (Å²) in [5.74, 6) is 0. The molecule has 0 saturated carbocycles. The van der Waals surface area contributed by atoms with Gasteiger partial charge in [0.2, 0.25) is 0 Å². The molecule has 4 nitrogen and oxygen atoms in total. The van der Waals surface area contributed by atoms with Gasteiger partial charge in [0, 0.05) is 0 Å². The van der Waals surface area contributed by atoms with Gasteiger partial charge in [-0.1, -0.05) is 35.9 Å². The first-order valence-corrected chi connectivity index (χ1v) is 8.73. The van der Waals surface area contributed by atoms with Crippen LogP contribution in [-0.2, 0) is 4.18 Å². The van der Waals surface area contributed by atoms with Crippen molar-refractivity contribution in [3.8, 4) is 0 Å². The highest BCUT2D eigenvalue weighted by molar-refractivity contribution is 8.23. The Morgan fingerprint density at radius 1 is 1.18 bits per heavy atom. The number of benzene rings is 2. The Labute approximate surface area is 134 Å². The van der Waals surface area contributed by atoms with Crippen molar-refractivity contribution in [2.75, 3.05) is 7.11 Å². The SMILES string of the molecule is COS(O)(NC(C)NC=C(C)C)c1ccc2ccccc2c1. The van der Waals surface area contributed by atoms with Crippen LogP contribution in [0.4, 0.5) is 0 Å². The summed E-state index contributed by atoms with van der Waals surface area (Å²) in [6.07, 6.45) is 1.79. The molecule has 0 radical (unpaired) electrons. The summed E-state index contributed by atoms with van der Waals surface area (Å²) in [4.78, 5) is 0.750. The molecule has 0 amide bonds. The van der Waals surface area contributed by atoms with Crippen molar-refractivity contribution in [3.05, 3.63) is 54.2 Å². The Kier molecular flexibility index (Phi) is 5.47. The van der Waals surface area contributed by atoms with E-state index in [1.807, 2.05) is 69.4 Å². The topological polar surface area (TPSA) is 53.5 Å². The molecule has 0 aliphatic rings. The fraction of sp³-hybridized carbons (Fsp3) is 0.294. The minimum absolute atomic E-state index is 0.124. The smallest absolute Gasteiger partial charge is 0.0912 e. The number of allylic oxidation sites excluding steroid dienone is 1. The molecule has 22 heavy (non-hydrogen) atoms. The van der Waals surface area contributed by atoms with Crippen molar-refractivity contribution in [1.29, 1.82) is 0 Å². The summed E-state index contributed by atoms with van der Waals surface area (Å²) in [5.41, 5.74) is 1.16. The van der Waals surface area contributed by atoms with Crippen molar-refractivity contribution in [3.63, 3.8) is 0 Å². The molecule has 2 atom stereocenters. The molecular weight excluding hydrogens is 296 g/mol. The highest BCUT2D eigenvalue weighted by Gasteiger charge is 2.21. The average Bonchev–Trinajstić information content (AvgIpc) is 2.52. The van der Waals surface area contributed by atoms with Gasteiger partial charge in [0.25, 0.3) is 0 Å². The number of fused-ring (bicyclic) bond motifs is 1. The molecule has 2 rings (SSSR count). The summed E-state index contributed by atoms with van der Waals surface area (Å²) in [7, 11) is -1.02. The molecule has 0 spiro atoms. The summed E-state index contributed by atoms with van der Waals surface area (Å²) in [6, 6.07) is 13.9. The van der Waals surface area contributed by atoms with Crippen molar-refractivity contribution in [2.45, 2.75) is 31.8 Å². The second-order valence-corrected chi connectivity index (χ2v) is 7.52. The number of hydrogen-bond acceptors (Lipinski definition) is 4. The fourth-order valence-electron chi connectivity index (χ4n) is 2.12. The van der Waals surface area contributed by atoms with E-state index in [0.717, 1.165) is 21.2 Å². The standard InChI is InChI=1S/C17H24N2O2S/c1-13(2)12-18-14(3)19-22(20,21-4)17-10-9-15-7-5-6-8-16(15)11-17/h5-12,14,18-20H,1-4H3. The molecule has 0 aromatic heterocycles. The van der Waals surface area contributed by atoms with E-state index in [4.69, 9.17) is 4.18 Å². The van der Waals surface area contributed by atoms with Gasteiger partial charge in [-0.3, -0.25) is 8.74 Å². The zero-order valence-corrected chi connectivity index (χ0v) is 14.3. The van der Waals surface area contributed by atoms with Gasteiger partial charge in [-0.2, -0.15) is 4.72 Å². The van der Waals surface area contributed by atoms with Crippen LogP contribution in [0.5, 0.6) is 0 Å². The molecule has 3 N–H and O–H groups in total. The van der Waals surface area contributed by atoms with Crippen LogP contribution in [0.1, 0.15) is 20.8 Å². The summed E-state index contributed by atoms with van der Waals surface area (Å²) in [5, 5.41) is 5.40. The summed E-state index contributed by atoms with van der Waals surface area (Å²) in [6.45, 7) is 5.97. The van der Waals surface area contributed by atoms with E-state index in [1.165, 1.54) is 7.11 Å². The lowest BCUT2D eigenvalue weighted by Gasteiger charge is -2.39. The van der Waals surface area contributed by atoms with E-state index < -0.39 is 10.8 Å². The Balaban J connectivity index is 2.25. The van der Waals surface area contributed by atoms with E-state index in [2.05, 4.69) is 10.0 Å². The van der Waals surface area contributed by atoms with Gasteiger partial charge in [0.05, 0.1) is 18.2 Å². The van der Waals surface area contributed by atoms with E-state index in [1.54, 1.807) is 0 Å². The van der Waals surface area contributed by atoms with E-state index in [-0.39, 0.29) is 6.17 Å². The van der Waals surface area contributed by atoms with Crippen LogP contribution in [0, 0.1) is 0 Å². The van der Waals surface area contributed by atoms with E-state index >= 15 is 0 Å². The first-order chi connectivity index (χ1) is 10.4. The zero-order chi connectivity index (χ0) is 16.2. The van der Waals surface area contributed by atoms with Gasteiger partial charge in [-0.15, -0.1) is 10.8 Å². The second-order valence-electron chi connectivity index (χ2n) is 5.43. The molecule has 0 bridgehead atoms. The minimum Gasteiger partial charge on any atom is -0.375 e. The Morgan fingerprint density at radius 3 is 2.50 bits per heavy atom. The lowest BCUT2D eigenvalue weighted by molar-refractivity contribution is 0.374. The molecule has 5 heteroatoms. The minimum atomic E-state index is -2.54. The summed E-state index contributed by atoms with van der Waals surface area (Å²) >= 11 is 0. The molecule has 2 aromatic rings. The highest BCUT2D eigenvalue weighted by atomic mass is 32.3. The third kappa shape index (κ3) is 4.01. The van der Waals surface area contributed by atoms with Gasteiger partial charge in [0.1, 0.15) is 0 Å². The van der Waals surface area contributed by atoms with Gasteiger partial charge in [-0.05, 0) is 49.9 Å². The second kappa shape index (κ2) is 7.15. The fourth-order valence-corrected chi connectivity index (χ4v) is 3.63. The van der Waals surface area contributed by atoms with Gasteiger partial charge >= 0.3 is 0 Å². The first-order valence-electron chi connectivity index (χ1n) is 7.21. The molecule has 0 saturated heterocycles. The molecular formula is C17H24N2O2S. The quantitative estimate of drug-likeness (QED) is 0.690. The van der Waals surface area contributed by atoms with Crippen LogP contribution in [0.25, 0.3) is 10.8 Å². The van der Waals surface area contributed by atoms with E-state index in [9.17, 15) is 4.55 Å². The molecule has 0 aliphatic carbocycles. The Hall–Kier alpha value is -1.53. The third-order valence-corrected chi connectivity index (χ3v) is 5.29. The van der Waals surface area contributed by atoms with Crippen LogP contribution >= 0.6 is 10.8 Å². The highest BCUT2D eigenvalue weighted by Crippen LogP contribution is 2.49. The molecule has 2 aromatic carbocycles. The number of hydrogen-bond donors (Lipinski definition) is 3. The first kappa shape index (κ1) is 16.8. The van der Waals surface area contributed by atoms with Crippen LogP contribution in [-0.4, -0.2) is 17.8 Å². The normalized spacial score (nSPS) is 16.6. The number of nitrogens with one attached hydrogen (secondary N) is 2.